The summed E-state index contributed by atoms with van der Waals surface area (Å²) in [5.41, 5.74) is 2.49. The van der Waals surface area contributed by atoms with Crippen LogP contribution in [0.4, 0.5) is 10.1 Å². The molecule has 4 nitrogen and oxygen atoms in total. The Morgan fingerprint density at radius 3 is 2.54 bits per heavy atom. The van der Waals surface area contributed by atoms with Crippen LogP contribution in [0, 0.1) is 19.3 Å². The SMILES string of the molecule is Cc1ccc(NC(=O)C2(CNC(=O)/C=C/CF)CCCC2)cc1C. The normalized spacial score (nSPS) is 16.3. The van der Waals surface area contributed by atoms with E-state index in [4.69, 9.17) is 0 Å². The molecule has 0 heterocycles. The van der Waals surface area contributed by atoms with Crippen molar-refractivity contribution in [3.05, 3.63) is 41.5 Å². The van der Waals surface area contributed by atoms with Gasteiger partial charge in [-0.25, -0.2) is 4.39 Å². The second-order valence-electron chi connectivity index (χ2n) is 6.52. The van der Waals surface area contributed by atoms with Gasteiger partial charge in [-0.1, -0.05) is 18.9 Å². The van der Waals surface area contributed by atoms with Crippen LogP contribution < -0.4 is 10.6 Å². The number of nitrogens with one attached hydrogen (secondary N) is 2. The number of allylic oxidation sites excluding steroid dienone is 1. The zero-order chi connectivity index (χ0) is 17.6. The molecule has 5 heteroatoms. The number of anilines is 1. The molecule has 24 heavy (non-hydrogen) atoms. The lowest BCUT2D eigenvalue weighted by atomic mass is 9.84. The van der Waals surface area contributed by atoms with E-state index in [1.165, 1.54) is 11.6 Å². The minimum absolute atomic E-state index is 0.0574. The fourth-order valence-corrected chi connectivity index (χ4v) is 3.09. The maximum Gasteiger partial charge on any atom is 0.243 e. The Balaban J connectivity index is 2.05. The first-order valence-electron chi connectivity index (χ1n) is 8.36. The molecular weight excluding hydrogens is 307 g/mol. The summed E-state index contributed by atoms with van der Waals surface area (Å²) < 4.78 is 12.1. The second kappa shape index (κ2) is 8.08. The highest BCUT2D eigenvalue weighted by Gasteiger charge is 2.41. The van der Waals surface area contributed by atoms with E-state index in [0.717, 1.165) is 43.0 Å². The van der Waals surface area contributed by atoms with Crippen LogP contribution in [-0.4, -0.2) is 25.0 Å². The van der Waals surface area contributed by atoms with Crippen LogP contribution >= 0.6 is 0 Å². The molecule has 0 aromatic heterocycles. The Morgan fingerprint density at radius 2 is 1.92 bits per heavy atom. The summed E-state index contributed by atoms with van der Waals surface area (Å²) in [6.07, 6.45) is 5.76. The zero-order valence-corrected chi connectivity index (χ0v) is 14.3. The van der Waals surface area contributed by atoms with Crippen molar-refractivity contribution < 1.29 is 14.0 Å². The monoisotopic (exact) mass is 332 g/mol. The Morgan fingerprint density at radius 1 is 1.21 bits per heavy atom. The highest BCUT2D eigenvalue weighted by Crippen LogP contribution is 2.38. The van der Waals surface area contributed by atoms with Crippen LogP contribution in [0.15, 0.2) is 30.4 Å². The average molecular weight is 332 g/mol. The number of hydrogen-bond acceptors (Lipinski definition) is 2. The Bertz CT molecular complexity index is 634. The summed E-state index contributed by atoms with van der Waals surface area (Å²) in [4.78, 5) is 24.5. The van der Waals surface area contributed by atoms with Gasteiger partial charge in [-0.05, 0) is 56.0 Å². The van der Waals surface area contributed by atoms with Crippen molar-refractivity contribution in [2.45, 2.75) is 39.5 Å². The van der Waals surface area contributed by atoms with E-state index >= 15 is 0 Å². The van der Waals surface area contributed by atoms with Gasteiger partial charge >= 0.3 is 0 Å². The summed E-state index contributed by atoms with van der Waals surface area (Å²) in [5.74, 6) is -0.420. The molecule has 1 aliphatic carbocycles. The summed E-state index contributed by atoms with van der Waals surface area (Å²) in [6.45, 7) is 3.64. The van der Waals surface area contributed by atoms with E-state index in [1.807, 2.05) is 32.0 Å². The van der Waals surface area contributed by atoms with Crippen molar-refractivity contribution in [2.75, 3.05) is 18.5 Å². The van der Waals surface area contributed by atoms with Crippen molar-refractivity contribution in [3.63, 3.8) is 0 Å². The lowest BCUT2D eigenvalue weighted by Gasteiger charge is -2.28. The first-order valence-corrected chi connectivity index (χ1v) is 8.36. The number of benzene rings is 1. The molecule has 1 aromatic carbocycles. The number of rotatable bonds is 6. The number of hydrogen-bond donors (Lipinski definition) is 2. The highest BCUT2D eigenvalue weighted by molar-refractivity contribution is 5.96. The van der Waals surface area contributed by atoms with E-state index in [9.17, 15) is 14.0 Å². The molecule has 0 aliphatic heterocycles. The first-order chi connectivity index (χ1) is 11.5. The van der Waals surface area contributed by atoms with E-state index < -0.39 is 12.1 Å². The Labute approximate surface area is 142 Å². The van der Waals surface area contributed by atoms with Gasteiger partial charge in [0.15, 0.2) is 0 Å². The number of alkyl halides is 1. The molecule has 0 atom stereocenters. The fourth-order valence-electron chi connectivity index (χ4n) is 3.09. The minimum atomic E-state index is -0.675. The van der Waals surface area contributed by atoms with Crippen molar-refractivity contribution in [2.24, 2.45) is 5.41 Å². The molecule has 1 aromatic rings. The van der Waals surface area contributed by atoms with Gasteiger partial charge in [0.2, 0.25) is 11.8 Å². The number of aryl methyl sites for hydroxylation is 2. The molecular formula is C19H25FN2O2. The predicted molar refractivity (Wildman–Crippen MR) is 93.6 cm³/mol. The predicted octanol–water partition coefficient (Wildman–Crippen LogP) is 3.44. The van der Waals surface area contributed by atoms with E-state index in [1.54, 1.807) is 0 Å². The molecule has 0 spiro atoms. The average Bonchev–Trinajstić information content (AvgIpc) is 3.04. The number of halogens is 1. The highest BCUT2D eigenvalue weighted by atomic mass is 19.1. The van der Waals surface area contributed by atoms with Crippen LogP contribution in [0.25, 0.3) is 0 Å². The molecule has 0 saturated heterocycles. The van der Waals surface area contributed by atoms with Crippen LogP contribution in [-0.2, 0) is 9.59 Å². The standard InChI is InChI=1S/C19H25FN2O2/c1-14-7-8-16(12-15(14)2)22-18(24)19(9-3-4-10-19)13-21-17(23)6-5-11-20/h5-8,12H,3-4,9-11,13H2,1-2H3,(H,21,23)(H,22,24)/b6-5+. The third-order valence-electron chi connectivity index (χ3n) is 4.77. The number of amides is 2. The molecule has 1 fully saturated rings. The van der Waals surface area contributed by atoms with Gasteiger partial charge in [0, 0.05) is 18.3 Å². The number of carbonyl (C=O) groups excluding carboxylic acids is 2. The zero-order valence-electron chi connectivity index (χ0n) is 14.3. The van der Waals surface area contributed by atoms with E-state index in [-0.39, 0.29) is 18.4 Å². The van der Waals surface area contributed by atoms with Gasteiger partial charge in [-0.2, -0.15) is 0 Å². The van der Waals surface area contributed by atoms with Crippen molar-refractivity contribution >= 4 is 17.5 Å². The third kappa shape index (κ3) is 4.43. The molecule has 0 radical (unpaired) electrons. The summed E-state index contributed by atoms with van der Waals surface area (Å²) in [5, 5.41) is 5.73. The van der Waals surface area contributed by atoms with Gasteiger partial charge < -0.3 is 10.6 Å². The van der Waals surface area contributed by atoms with Gasteiger partial charge in [0.25, 0.3) is 0 Å². The largest absolute Gasteiger partial charge is 0.351 e. The third-order valence-corrected chi connectivity index (χ3v) is 4.77. The van der Waals surface area contributed by atoms with Gasteiger partial charge in [-0.15, -0.1) is 0 Å². The second-order valence-corrected chi connectivity index (χ2v) is 6.52. The van der Waals surface area contributed by atoms with Crippen LogP contribution in [0.1, 0.15) is 36.8 Å². The molecule has 130 valence electrons. The molecule has 1 saturated carbocycles. The Hall–Kier alpha value is -2.17. The molecule has 2 amide bonds. The van der Waals surface area contributed by atoms with Gasteiger partial charge in [-0.3, -0.25) is 9.59 Å². The van der Waals surface area contributed by atoms with E-state index in [0.29, 0.717) is 0 Å². The topological polar surface area (TPSA) is 58.2 Å². The van der Waals surface area contributed by atoms with Crippen molar-refractivity contribution in [3.8, 4) is 0 Å². The summed E-state index contributed by atoms with van der Waals surface area (Å²) >= 11 is 0. The van der Waals surface area contributed by atoms with Crippen molar-refractivity contribution in [1.29, 1.82) is 0 Å². The fraction of sp³-hybridized carbons (Fsp3) is 0.474. The quantitative estimate of drug-likeness (QED) is 0.784. The van der Waals surface area contributed by atoms with Crippen LogP contribution in [0.3, 0.4) is 0 Å². The molecule has 1 aliphatic rings. The number of carbonyl (C=O) groups is 2. The van der Waals surface area contributed by atoms with Crippen LogP contribution in [0.5, 0.6) is 0 Å². The lowest BCUT2D eigenvalue weighted by molar-refractivity contribution is -0.126. The molecule has 2 rings (SSSR count). The van der Waals surface area contributed by atoms with Gasteiger partial charge in [0.1, 0.15) is 6.67 Å². The van der Waals surface area contributed by atoms with Gasteiger partial charge in [0.05, 0.1) is 5.41 Å². The summed E-state index contributed by atoms with van der Waals surface area (Å²) in [7, 11) is 0. The van der Waals surface area contributed by atoms with E-state index in [2.05, 4.69) is 10.6 Å². The molecule has 0 bridgehead atoms. The Kier molecular flexibility index (Phi) is 6.12. The summed E-state index contributed by atoms with van der Waals surface area (Å²) in [6, 6.07) is 5.83. The van der Waals surface area contributed by atoms with Crippen LogP contribution in [0.2, 0.25) is 0 Å². The smallest absolute Gasteiger partial charge is 0.243 e. The van der Waals surface area contributed by atoms with Crippen molar-refractivity contribution in [1.82, 2.24) is 5.32 Å². The molecule has 2 N–H and O–H groups in total. The first kappa shape index (κ1) is 18.2. The maximum atomic E-state index is 12.8. The molecule has 0 unspecified atom stereocenters. The minimum Gasteiger partial charge on any atom is -0.351 e. The lowest BCUT2D eigenvalue weighted by Crippen LogP contribution is -2.43. The maximum absolute atomic E-state index is 12.8.